The molecule has 0 amide bonds. The number of aromatic nitrogens is 1. The fraction of sp³-hybridized carbons (Fsp3) is 0.500. The van der Waals surface area contributed by atoms with Gasteiger partial charge in [0.25, 0.3) is 0 Å². The molecule has 90 valence electrons. The molecular weight excluding hydrogens is 244 g/mol. The molecule has 0 unspecified atom stereocenters. The Hall–Kier alpha value is -0.590. The van der Waals surface area contributed by atoms with Crippen molar-refractivity contribution in [1.29, 1.82) is 0 Å². The van der Waals surface area contributed by atoms with E-state index in [1.54, 1.807) is 11.8 Å². The standard InChI is InChI=1S/C10H16N2O2S2/c1-9-4-5-10(11-8-9)15-7-3-6-12-16(2,13)14/h4-5,8,12H,3,6-7H2,1-2H3. The minimum absolute atomic E-state index is 0.484. The van der Waals surface area contributed by atoms with Crippen molar-refractivity contribution in [1.82, 2.24) is 9.71 Å². The third-order valence-electron chi connectivity index (χ3n) is 1.82. The van der Waals surface area contributed by atoms with Gasteiger partial charge in [-0.15, -0.1) is 11.8 Å². The second-order valence-corrected chi connectivity index (χ2v) is 6.49. The lowest BCUT2D eigenvalue weighted by Gasteiger charge is -2.02. The molecule has 0 saturated heterocycles. The minimum Gasteiger partial charge on any atom is -0.250 e. The van der Waals surface area contributed by atoms with E-state index in [0.717, 1.165) is 22.8 Å². The van der Waals surface area contributed by atoms with Crippen LogP contribution in [-0.2, 0) is 10.0 Å². The van der Waals surface area contributed by atoms with E-state index < -0.39 is 10.0 Å². The normalized spacial score (nSPS) is 11.6. The molecule has 0 atom stereocenters. The Morgan fingerprint density at radius 3 is 2.75 bits per heavy atom. The number of rotatable bonds is 6. The lowest BCUT2D eigenvalue weighted by Crippen LogP contribution is -2.23. The zero-order valence-corrected chi connectivity index (χ0v) is 11.1. The van der Waals surface area contributed by atoms with E-state index in [1.165, 1.54) is 6.26 Å². The van der Waals surface area contributed by atoms with Crippen molar-refractivity contribution in [3.8, 4) is 0 Å². The smallest absolute Gasteiger partial charge is 0.208 e. The van der Waals surface area contributed by atoms with Crippen LogP contribution in [0.25, 0.3) is 0 Å². The van der Waals surface area contributed by atoms with E-state index in [2.05, 4.69) is 9.71 Å². The van der Waals surface area contributed by atoms with Gasteiger partial charge in [-0.05, 0) is 25.0 Å². The number of nitrogens with zero attached hydrogens (tertiary/aromatic N) is 1. The molecule has 0 aromatic carbocycles. The maximum Gasteiger partial charge on any atom is 0.208 e. The van der Waals surface area contributed by atoms with Crippen molar-refractivity contribution < 1.29 is 8.42 Å². The van der Waals surface area contributed by atoms with E-state index in [1.807, 2.05) is 25.3 Å². The van der Waals surface area contributed by atoms with Gasteiger partial charge in [0.2, 0.25) is 10.0 Å². The first-order valence-corrected chi connectivity index (χ1v) is 7.85. The average Bonchev–Trinajstić information content (AvgIpc) is 2.19. The van der Waals surface area contributed by atoms with Crippen molar-refractivity contribution in [3.63, 3.8) is 0 Å². The van der Waals surface area contributed by atoms with E-state index in [-0.39, 0.29) is 0 Å². The van der Waals surface area contributed by atoms with Crippen LogP contribution in [0, 0.1) is 6.92 Å². The molecule has 1 aromatic heterocycles. The zero-order chi connectivity index (χ0) is 12.0. The molecule has 0 radical (unpaired) electrons. The fourth-order valence-electron chi connectivity index (χ4n) is 1.05. The van der Waals surface area contributed by atoms with Gasteiger partial charge in [0, 0.05) is 18.5 Å². The first-order chi connectivity index (χ1) is 7.47. The van der Waals surface area contributed by atoms with Crippen LogP contribution >= 0.6 is 11.8 Å². The summed E-state index contributed by atoms with van der Waals surface area (Å²) in [6.07, 6.45) is 3.80. The second kappa shape index (κ2) is 6.22. The first kappa shape index (κ1) is 13.5. The molecule has 0 fully saturated rings. The van der Waals surface area contributed by atoms with Crippen LogP contribution in [0.2, 0.25) is 0 Å². The van der Waals surface area contributed by atoms with Crippen molar-refractivity contribution in [3.05, 3.63) is 23.9 Å². The summed E-state index contributed by atoms with van der Waals surface area (Å²) in [5.74, 6) is 0.860. The monoisotopic (exact) mass is 260 g/mol. The van der Waals surface area contributed by atoms with E-state index in [4.69, 9.17) is 0 Å². The minimum atomic E-state index is -3.05. The number of nitrogens with one attached hydrogen (secondary N) is 1. The second-order valence-electron chi connectivity index (χ2n) is 3.54. The lowest BCUT2D eigenvalue weighted by atomic mass is 10.3. The van der Waals surface area contributed by atoms with Crippen LogP contribution in [0.1, 0.15) is 12.0 Å². The Kier molecular flexibility index (Phi) is 5.24. The Labute approximate surface area is 101 Å². The highest BCUT2D eigenvalue weighted by atomic mass is 32.2. The highest BCUT2D eigenvalue weighted by Crippen LogP contribution is 2.15. The molecular formula is C10H16N2O2S2. The van der Waals surface area contributed by atoms with Gasteiger partial charge >= 0.3 is 0 Å². The quantitative estimate of drug-likeness (QED) is 0.621. The van der Waals surface area contributed by atoms with Crippen molar-refractivity contribution in [2.75, 3.05) is 18.6 Å². The molecule has 1 rings (SSSR count). The molecule has 4 nitrogen and oxygen atoms in total. The number of hydrogen-bond donors (Lipinski definition) is 1. The van der Waals surface area contributed by atoms with Crippen molar-refractivity contribution in [2.24, 2.45) is 0 Å². The molecule has 16 heavy (non-hydrogen) atoms. The highest BCUT2D eigenvalue weighted by Gasteiger charge is 1.99. The van der Waals surface area contributed by atoms with E-state index in [9.17, 15) is 8.42 Å². The van der Waals surface area contributed by atoms with Crippen LogP contribution in [0.5, 0.6) is 0 Å². The first-order valence-electron chi connectivity index (χ1n) is 4.97. The fourth-order valence-corrected chi connectivity index (χ4v) is 2.35. The Bertz CT molecular complexity index is 415. The largest absolute Gasteiger partial charge is 0.250 e. The van der Waals surface area contributed by atoms with Crippen LogP contribution in [-0.4, -0.2) is 32.0 Å². The molecule has 0 spiro atoms. The molecule has 0 aliphatic carbocycles. The van der Waals surface area contributed by atoms with Gasteiger partial charge in [0.15, 0.2) is 0 Å². The summed E-state index contributed by atoms with van der Waals surface area (Å²) in [6, 6.07) is 3.99. The highest BCUT2D eigenvalue weighted by molar-refractivity contribution is 7.99. The Balaban J connectivity index is 2.19. The third kappa shape index (κ3) is 6.09. The topological polar surface area (TPSA) is 59.1 Å². The summed E-state index contributed by atoms with van der Waals surface area (Å²) in [4.78, 5) is 4.25. The predicted molar refractivity (Wildman–Crippen MR) is 67.2 cm³/mol. The number of thioether (sulfide) groups is 1. The summed E-state index contributed by atoms with van der Waals surface area (Å²) < 4.78 is 24.0. The zero-order valence-electron chi connectivity index (χ0n) is 9.43. The van der Waals surface area contributed by atoms with Crippen LogP contribution in [0.15, 0.2) is 23.4 Å². The number of aryl methyl sites for hydroxylation is 1. The van der Waals surface area contributed by atoms with Crippen LogP contribution < -0.4 is 4.72 Å². The average molecular weight is 260 g/mol. The molecule has 0 aliphatic rings. The van der Waals surface area contributed by atoms with Gasteiger partial charge in [0.1, 0.15) is 0 Å². The summed E-state index contributed by atoms with van der Waals surface area (Å²) in [5.41, 5.74) is 1.14. The summed E-state index contributed by atoms with van der Waals surface area (Å²) in [7, 11) is -3.05. The van der Waals surface area contributed by atoms with Gasteiger partial charge in [-0.25, -0.2) is 18.1 Å². The Morgan fingerprint density at radius 2 is 2.19 bits per heavy atom. The van der Waals surface area contributed by atoms with E-state index >= 15 is 0 Å². The molecule has 6 heteroatoms. The predicted octanol–water partition coefficient (Wildman–Crippen LogP) is 1.42. The van der Waals surface area contributed by atoms with Gasteiger partial charge in [-0.1, -0.05) is 6.07 Å². The molecule has 1 heterocycles. The maximum atomic E-state index is 10.8. The molecule has 1 N–H and O–H groups in total. The summed E-state index contributed by atoms with van der Waals surface area (Å²) in [6.45, 7) is 2.48. The SMILES string of the molecule is Cc1ccc(SCCCNS(C)(=O)=O)nc1. The third-order valence-corrected chi connectivity index (χ3v) is 3.58. The molecule has 0 aliphatic heterocycles. The van der Waals surface area contributed by atoms with Gasteiger partial charge in [-0.3, -0.25) is 0 Å². The Morgan fingerprint density at radius 1 is 1.44 bits per heavy atom. The molecule has 0 bridgehead atoms. The molecule has 1 aromatic rings. The number of pyridine rings is 1. The van der Waals surface area contributed by atoms with Crippen molar-refractivity contribution in [2.45, 2.75) is 18.4 Å². The maximum absolute atomic E-state index is 10.8. The number of hydrogen-bond acceptors (Lipinski definition) is 4. The number of sulfonamides is 1. The summed E-state index contributed by atoms with van der Waals surface area (Å²) >= 11 is 1.63. The van der Waals surface area contributed by atoms with Crippen LogP contribution in [0.4, 0.5) is 0 Å². The van der Waals surface area contributed by atoms with Crippen molar-refractivity contribution >= 4 is 21.8 Å². The van der Waals surface area contributed by atoms with Gasteiger partial charge < -0.3 is 0 Å². The van der Waals surface area contributed by atoms with Gasteiger partial charge in [-0.2, -0.15) is 0 Å². The van der Waals surface area contributed by atoms with E-state index in [0.29, 0.717) is 6.54 Å². The summed E-state index contributed by atoms with van der Waals surface area (Å²) in [5, 5.41) is 0.977. The lowest BCUT2D eigenvalue weighted by molar-refractivity contribution is 0.587. The van der Waals surface area contributed by atoms with Crippen LogP contribution in [0.3, 0.4) is 0 Å². The van der Waals surface area contributed by atoms with Gasteiger partial charge in [0.05, 0.1) is 11.3 Å². The molecule has 0 saturated carbocycles.